The van der Waals surface area contributed by atoms with E-state index in [4.69, 9.17) is 4.74 Å². The number of thiophene rings is 1. The molecule has 2 aromatic carbocycles. The van der Waals surface area contributed by atoms with E-state index in [1.54, 1.807) is 29.7 Å². The Morgan fingerprint density at radius 2 is 1.73 bits per heavy atom. The van der Waals surface area contributed by atoms with Gasteiger partial charge in [0.2, 0.25) is 0 Å². The molecule has 0 radical (unpaired) electrons. The van der Waals surface area contributed by atoms with E-state index in [1.807, 2.05) is 66.9 Å². The predicted octanol–water partition coefficient (Wildman–Crippen LogP) is 4.88. The summed E-state index contributed by atoms with van der Waals surface area (Å²) in [5, 5.41) is 13.1. The van der Waals surface area contributed by atoms with Crippen molar-refractivity contribution in [1.29, 1.82) is 0 Å². The SMILES string of the molecule is CCOC(=O)Cn1c(C(=O)NCc2nnc(C)n2-c2sc(CC)cc2C(=O)c2ccccc2)cc2ccccc21. The number of para-hydroxylation sites is 1. The first-order valence-electron chi connectivity index (χ1n) is 13.1. The normalized spacial score (nSPS) is 11.1. The Hall–Kier alpha value is -4.57. The molecule has 1 amide bonds. The molecule has 0 atom stereocenters. The molecule has 204 valence electrons. The molecule has 40 heavy (non-hydrogen) atoms. The molecular formula is C30H29N5O4S. The third kappa shape index (κ3) is 5.30. The highest BCUT2D eigenvalue weighted by atomic mass is 32.1. The molecule has 3 aromatic heterocycles. The maximum atomic E-state index is 13.5. The van der Waals surface area contributed by atoms with E-state index in [1.165, 1.54) is 11.3 Å². The van der Waals surface area contributed by atoms with Crippen LogP contribution in [0.3, 0.4) is 0 Å². The number of ether oxygens (including phenoxy) is 1. The fraction of sp³-hybridized carbons (Fsp3) is 0.233. The van der Waals surface area contributed by atoms with Gasteiger partial charge >= 0.3 is 5.97 Å². The number of benzene rings is 2. The van der Waals surface area contributed by atoms with E-state index in [2.05, 4.69) is 15.5 Å². The van der Waals surface area contributed by atoms with Crippen LogP contribution >= 0.6 is 11.3 Å². The van der Waals surface area contributed by atoms with Gasteiger partial charge in [-0.15, -0.1) is 21.5 Å². The van der Waals surface area contributed by atoms with Gasteiger partial charge < -0.3 is 14.6 Å². The van der Waals surface area contributed by atoms with Crippen molar-refractivity contribution in [1.82, 2.24) is 24.6 Å². The molecule has 1 N–H and O–H groups in total. The number of aromatic nitrogens is 4. The molecule has 0 aliphatic heterocycles. The van der Waals surface area contributed by atoms with Crippen molar-refractivity contribution in [3.63, 3.8) is 0 Å². The van der Waals surface area contributed by atoms with E-state index >= 15 is 0 Å². The summed E-state index contributed by atoms with van der Waals surface area (Å²) in [6, 6.07) is 20.3. The fourth-order valence-electron chi connectivity index (χ4n) is 4.62. The summed E-state index contributed by atoms with van der Waals surface area (Å²) in [7, 11) is 0. The van der Waals surface area contributed by atoms with Gasteiger partial charge in [0, 0.05) is 21.3 Å². The molecule has 0 unspecified atom stereocenters. The molecule has 9 nitrogen and oxygen atoms in total. The molecule has 10 heteroatoms. The van der Waals surface area contributed by atoms with Gasteiger partial charge in [-0.05, 0) is 38.5 Å². The Kier molecular flexibility index (Phi) is 7.88. The largest absolute Gasteiger partial charge is 0.465 e. The van der Waals surface area contributed by atoms with Crippen molar-refractivity contribution in [3.8, 4) is 5.00 Å². The lowest BCUT2D eigenvalue weighted by Crippen LogP contribution is -2.28. The highest BCUT2D eigenvalue weighted by molar-refractivity contribution is 7.15. The van der Waals surface area contributed by atoms with Crippen molar-refractivity contribution in [2.45, 2.75) is 40.3 Å². The third-order valence-electron chi connectivity index (χ3n) is 6.53. The minimum absolute atomic E-state index is 0.0684. The van der Waals surface area contributed by atoms with Crippen LogP contribution in [0.1, 0.15) is 56.8 Å². The smallest absolute Gasteiger partial charge is 0.325 e. The van der Waals surface area contributed by atoms with Crippen LogP contribution in [0.5, 0.6) is 0 Å². The quantitative estimate of drug-likeness (QED) is 0.194. The Morgan fingerprint density at radius 1 is 0.975 bits per heavy atom. The van der Waals surface area contributed by atoms with Gasteiger partial charge in [0.1, 0.15) is 23.1 Å². The first kappa shape index (κ1) is 27.0. The summed E-state index contributed by atoms with van der Waals surface area (Å²) >= 11 is 1.51. The van der Waals surface area contributed by atoms with Crippen molar-refractivity contribution < 1.29 is 19.1 Å². The van der Waals surface area contributed by atoms with Crippen LogP contribution in [0, 0.1) is 6.92 Å². The number of hydrogen-bond acceptors (Lipinski definition) is 7. The van der Waals surface area contributed by atoms with E-state index in [0.717, 1.165) is 22.2 Å². The number of ketones is 1. The topological polar surface area (TPSA) is 108 Å². The van der Waals surface area contributed by atoms with Gasteiger partial charge in [-0.2, -0.15) is 0 Å². The van der Waals surface area contributed by atoms with E-state index in [-0.39, 0.29) is 31.4 Å². The molecule has 0 saturated heterocycles. The standard InChI is InChI=1S/C30H29N5O4S/c1-4-22-16-23(28(37)20-11-7-6-8-12-20)30(40-22)35-19(3)32-33-26(35)17-31-29(38)25-15-21-13-9-10-14-24(21)34(25)18-27(36)39-5-2/h6-16H,4-5,17-18H2,1-3H3,(H,31,38). The number of carbonyl (C=O) groups excluding carboxylic acids is 3. The maximum absolute atomic E-state index is 13.5. The monoisotopic (exact) mass is 555 g/mol. The zero-order valence-corrected chi connectivity index (χ0v) is 23.3. The molecule has 0 bridgehead atoms. The van der Waals surface area contributed by atoms with Crippen LogP contribution in [0.15, 0.2) is 66.7 Å². The lowest BCUT2D eigenvalue weighted by Gasteiger charge is -2.12. The van der Waals surface area contributed by atoms with Crippen LogP contribution in [0.25, 0.3) is 15.9 Å². The van der Waals surface area contributed by atoms with E-state index < -0.39 is 5.97 Å². The summed E-state index contributed by atoms with van der Waals surface area (Å²) in [6.07, 6.45) is 0.776. The molecule has 0 fully saturated rings. The number of carbonyl (C=O) groups is 3. The number of esters is 1. The van der Waals surface area contributed by atoms with Gasteiger partial charge in [-0.3, -0.25) is 19.0 Å². The minimum Gasteiger partial charge on any atom is -0.465 e. The lowest BCUT2D eigenvalue weighted by molar-refractivity contribution is -0.143. The molecule has 5 aromatic rings. The highest BCUT2D eigenvalue weighted by Crippen LogP contribution is 2.31. The van der Waals surface area contributed by atoms with Crippen molar-refractivity contribution in [2.24, 2.45) is 0 Å². The fourth-order valence-corrected chi connectivity index (χ4v) is 5.78. The zero-order valence-electron chi connectivity index (χ0n) is 22.5. The van der Waals surface area contributed by atoms with Crippen LogP contribution in [-0.4, -0.2) is 43.6 Å². The molecular weight excluding hydrogens is 526 g/mol. The zero-order chi connectivity index (χ0) is 28.2. The van der Waals surface area contributed by atoms with Crippen molar-refractivity contribution in [3.05, 3.63) is 100 Å². The minimum atomic E-state index is -0.423. The predicted molar refractivity (Wildman–Crippen MR) is 153 cm³/mol. The lowest BCUT2D eigenvalue weighted by atomic mass is 10.0. The van der Waals surface area contributed by atoms with Gasteiger partial charge in [0.15, 0.2) is 11.6 Å². The highest BCUT2D eigenvalue weighted by Gasteiger charge is 2.24. The molecule has 0 spiro atoms. The van der Waals surface area contributed by atoms with Gasteiger partial charge in [0.25, 0.3) is 5.91 Å². The average Bonchev–Trinajstić information content (AvgIpc) is 3.67. The summed E-state index contributed by atoms with van der Waals surface area (Å²) < 4.78 is 8.61. The van der Waals surface area contributed by atoms with Gasteiger partial charge in [-0.25, -0.2) is 0 Å². The molecule has 0 aliphatic carbocycles. The van der Waals surface area contributed by atoms with Crippen LogP contribution in [-0.2, 0) is 29.0 Å². The van der Waals surface area contributed by atoms with Crippen LogP contribution < -0.4 is 5.32 Å². The average molecular weight is 556 g/mol. The number of fused-ring (bicyclic) bond motifs is 1. The Morgan fingerprint density at radius 3 is 2.48 bits per heavy atom. The van der Waals surface area contributed by atoms with Crippen molar-refractivity contribution >= 4 is 39.9 Å². The third-order valence-corrected chi connectivity index (χ3v) is 7.79. The number of rotatable bonds is 10. The first-order chi connectivity index (χ1) is 19.4. The molecule has 0 aliphatic rings. The first-order valence-corrected chi connectivity index (χ1v) is 13.9. The second kappa shape index (κ2) is 11.7. The van der Waals surface area contributed by atoms with E-state index in [0.29, 0.717) is 33.5 Å². The molecule has 0 saturated carbocycles. The van der Waals surface area contributed by atoms with Crippen LogP contribution in [0.4, 0.5) is 0 Å². The number of aryl methyl sites for hydroxylation is 2. The Bertz CT molecular complexity index is 1700. The Balaban J connectivity index is 1.45. The summed E-state index contributed by atoms with van der Waals surface area (Å²) in [4.78, 5) is 40.2. The molecule has 3 heterocycles. The second-order valence-corrected chi connectivity index (χ2v) is 10.3. The number of nitrogens with one attached hydrogen (secondary N) is 1. The molecule has 5 rings (SSSR count). The number of nitrogens with zero attached hydrogens (tertiary/aromatic N) is 4. The number of hydrogen-bond donors (Lipinski definition) is 1. The second-order valence-electron chi connectivity index (χ2n) is 9.14. The summed E-state index contributed by atoms with van der Waals surface area (Å²) in [6.45, 7) is 5.84. The van der Waals surface area contributed by atoms with Crippen molar-refractivity contribution in [2.75, 3.05) is 6.61 Å². The summed E-state index contributed by atoms with van der Waals surface area (Å²) in [5.74, 6) is 0.220. The summed E-state index contributed by atoms with van der Waals surface area (Å²) in [5.41, 5.74) is 2.26. The number of amides is 1. The van der Waals surface area contributed by atoms with E-state index in [9.17, 15) is 14.4 Å². The van der Waals surface area contributed by atoms with Gasteiger partial charge in [0.05, 0.1) is 18.7 Å². The van der Waals surface area contributed by atoms with Crippen LogP contribution in [0.2, 0.25) is 0 Å². The van der Waals surface area contributed by atoms with Gasteiger partial charge in [-0.1, -0.05) is 55.5 Å². The maximum Gasteiger partial charge on any atom is 0.325 e. The Labute approximate surface area is 235 Å².